The van der Waals surface area contributed by atoms with Crippen molar-refractivity contribution < 1.29 is 29.1 Å². The van der Waals surface area contributed by atoms with E-state index in [2.05, 4.69) is 0 Å². The van der Waals surface area contributed by atoms with Crippen LogP contribution >= 0.6 is 14.7 Å². The minimum atomic E-state index is -3.39. The summed E-state index contributed by atoms with van der Waals surface area (Å²) in [5, 5.41) is 21.2. The number of aromatic hydroxyl groups is 2. The summed E-state index contributed by atoms with van der Waals surface area (Å²) in [6.07, 6.45) is 0.416. The fraction of sp³-hybridized carbons (Fsp3) is 0.647. The zero-order chi connectivity index (χ0) is 33.3. The van der Waals surface area contributed by atoms with Gasteiger partial charge >= 0.3 is 37.7 Å². The van der Waals surface area contributed by atoms with E-state index >= 15 is 0 Å². The number of hydrogen-bond donors (Lipinski definition) is 2. The molecule has 0 aromatic heterocycles. The molecular weight excluding hydrogens is 606 g/mol. The topological polar surface area (TPSA) is 121 Å². The van der Waals surface area contributed by atoms with Crippen molar-refractivity contribution in [2.75, 3.05) is 12.3 Å². The third-order valence-electron chi connectivity index (χ3n) is 7.38. The van der Waals surface area contributed by atoms with Crippen LogP contribution in [0, 0.1) is 0 Å². The molecule has 0 amide bonds. The molecule has 43 heavy (non-hydrogen) atoms. The molecule has 240 valence electrons. The maximum atomic E-state index is 11.9. The van der Waals surface area contributed by atoms with E-state index in [-0.39, 0.29) is 95.5 Å². The molecule has 2 atom stereocenters. The molecule has 0 spiro atoms. The maximum Gasteiger partial charge on any atom is 2.00 e. The first-order chi connectivity index (χ1) is 18.6. The SMILES string of the molecule is CCP(=O)([O-])Cc1cc(C(C)(C)C)c(O)c(C(C)(C)C)c1.CCP(=O)([O-])Cc1cc(C(C)(C)C)c(O)c(C(C)(C)C)c1.[Ca+2]. The molecule has 6 nitrogen and oxygen atoms in total. The van der Waals surface area contributed by atoms with Crippen LogP contribution in [-0.2, 0) is 43.1 Å². The van der Waals surface area contributed by atoms with Gasteiger partial charge in [0.1, 0.15) is 11.5 Å². The standard InChI is InChI=1S/2C17H29O3P.Ca/c2*1-8-21(19,20)11-12-9-13(16(2,3)4)15(18)14(10-12)17(5,6)7;/h2*9-10,18H,8,11H2,1-7H3,(H,19,20);/q;;+2/p-2. The van der Waals surface area contributed by atoms with Crippen LogP contribution in [0.15, 0.2) is 24.3 Å². The van der Waals surface area contributed by atoms with Gasteiger partial charge in [-0.1, -0.05) is 121 Å². The molecule has 0 aliphatic heterocycles. The summed E-state index contributed by atoms with van der Waals surface area (Å²) in [5.41, 5.74) is 3.81. The van der Waals surface area contributed by atoms with Crippen LogP contribution in [-0.4, -0.2) is 60.3 Å². The summed E-state index contributed by atoms with van der Waals surface area (Å²) >= 11 is 0. The Bertz CT molecular complexity index is 1170. The number of benzene rings is 2. The van der Waals surface area contributed by atoms with Crippen molar-refractivity contribution in [3.8, 4) is 11.5 Å². The molecule has 0 saturated carbocycles. The third-order valence-corrected chi connectivity index (χ3v) is 11.0. The van der Waals surface area contributed by atoms with E-state index in [0.29, 0.717) is 0 Å². The Morgan fingerprint density at radius 2 is 0.721 bits per heavy atom. The Morgan fingerprint density at radius 3 is 0.860 bits per heavy atom. The molecule has 2 aromatic carbocycles. The van der Waals surface area contributed by atoms with Crippen LogP contribution in [0.25, 0.3) is 0 Å². The van der Waals surface area contributed by atoms with Gasteiger partial charge in [0.15, 0.2) is 0 Å². The van der Waals surface area contributed by atoms with Gasteiger partial charge in [-0.25, -0.2) is 0 Å². The molecule has 0 aliphatic rings. The molecule has 0 fully saturated rings. The van der Waals surface area contributed by atoms with Gasteiger partial charge in [-0.05, 0) is 67.4 Å². The van der Waals surface area contributed by atoms with E-state index in [1.165, 1.54) is 0 Å². The Hall–Kier alpha value is -0.320. The zero-order valence-electron chi connectivity index (χ0n) is 29.3. The predicted octanol–water partition coefficient (Wildman–Crippen LogP) is 7.91. The molecule has 2 rings (SSSR count). The van der Waals surface area contributed by atoms with Crippen molar-refractivity contribution in [2.45, 2.75) is 131 Å². The second-order valence-corrected chi connectivity index (χ2v) is 20.8. The van der Waals surface area contributed by atoms with Crippen LogP contribution in [0.3, 0.4) is 0 Å². The van der Waals surface area contributed by atoms with Gasteiger partial charge in [-0.3, -0.25) is 0 Å². The third kappa shape index (κ3) is 12.8. The van der Waals surface area contributed by atoms with Gasteiger partial charge in [0, 0.05) is 27.1 Å². The van der Waals surface area contributed by atoms with Gasteiger partial charge < -0.3 is 29.1 Å². The first-order valence-electron chi connectivity index (χ1n) is 14.9. The van der Waals surface area contributed by atoms with E-state index in [0.717, 1.165) is 33.4 Å². The average molecular weight is 663 g/mol. The van der Waals surface area contributed by atoms with Crippen molar-refractivity contribution >= 4 is 52.5 Å². The first kappa shape index (κ1) is 42.7. The molecule has 2 unspecified atom stereocenters. The Balaban J connectivity index is 0.000000802. The summed E-state index contributed by atoms with van der Waals surface area (Å²) in [7, 11) is -6.77. The minimum absolute atomic E-state index is 0. The minimum Gasteiger partial charge on any atom is -0.799 e. The van der Waals surface area contributed by atoms with E-state index in [4.69, 9.17) is 0 Å². The van der Waals surface area contributed by atoms with E-state index in [9.17, 15) is 29.1 Å². The first-order valence-corrected chi connectivity index (χ1v) is 18.9. The number of phenolic OH excluding ortho intramolecular Hbond substituents is 2. The molecule has 2 N–H and O–H groups in total. The van der Waals surface area contributed by atoms with E-state index < -0.39 is 14.7 Å². The summed E-state index contributed by atoms with van der Waals surface area (Å²) < 4.78 is 23.9. The number of rotatable bonds is 6. The summed E-state index contributed by atoms with van der Waals surface area (Å²) in [5.74, 6) is 0.576. The van der Waals surface area contributed by atoms with Crippen molar-refractivity contribution in [1.29, 1.82) is 0 Å². The molecule has 9 heteroatoms. The molecule has 0 bridgehead atoms. The predicted molar refractivity (Wildman–Crippen MR) is 180 cm³/mol. The largest absolute Gasteiger partial charge is 2.00 e. The quantitative estimate of drug-likeness (QED) is 0.240. The van der Waals surface area contributed by atoms with Gasteiger partial charge in [0.2, 0.25) is 0 Å². The Morgan fingerprint density at radius 1 is 0.535 bits per heavy atom. The Labute approximate surface area is 292 Å². The number of phenols is 2. The van der Waals surface area contributed by atoms with Gasteiger partial charge in [-0.15, -0.1) is 0 Å². The van der Waals surface area contributed by atoms with Crippen LogP contribution < -0.4 is 9.79 Å². The normalized spacial score (nSPS) is 15.4. The second-order valence-electron chi connectivity index (χ2n) is 15.7. The number of hydrogen-bond acceptors (Lipinski definition) is 6. The maximum absolute atomic E-state index is 11.9. The molecule has 2 aromatic rings. The monoisotopic (exact) mass is 662 g/mol. The molecule has 0 heterocycles. The van der Waals surface area contributed by atoms with Gasteiger partial charge in [0.05, 0.1) is 0 Å². The van der Waals surface area contributed by atoms with Crippen molar-refractivity contribution in [3.05, 3.63) is 57.6 Å². The zero-order valence-corrected chi connectivity index (χ0v) is 33.3. The van der Waals surface area contributed by atoms with Crippen LogP contribution in [0.4, 0.5) is 0 Å². The van der Waals surface area contributed by atoms with Gasteiger partial charge in [0.25, 0.3) is 0 Å². The van der Waals surface area contributed by atoms with Crippen molar-refractivity contribution in [3.63, 3.8) is 0 Å². The van der Waals surface area contributed by atoms with Crippen molar-refractivity contribution in [2.24, 2.45) is 0 Å². The smallest absolute Gasteiger partial charge is 0.799 e. The summed E-state index contributed by atoms with van der Waals surface area (Å²) in [6.45, 7) is 27.6. The molecule has 0 aliphatic carbocycles. The molecule has 0 saturated heterocycles. The fourth-order valence-electron chi connectivity index (χ4n) is 4.64. The summed E-state index contributed by atoms with van der Waals surface area (Å²) in [4.78, 5) is 23.9. The van der Waals surface area contributed by atoms with E-state index in [1.807, 2.05) is 107 Å². The van der Waals surface area contributed by atoms with Crippen LogP contribution in [0.1, 0.15) is 130 Å². The average Bonchev–Trinajstić information content (AvgIpc) is 2.78. The second kappa shape index (κ2) is 15.1. The Kier molecular flexibility index (Phi) is 14.9. The fourth-order valence-corrected chi connectivity index (χ4v) is 6.56. The van der Waals surface area contributed by atoms with E-state index in [1.54, 1.807) is 13.8 Å². The summed E-state index contributed by atoms with van der Waals surface area (Å²) in [6, 6.07) is 7.35. The van der Waals surface area contributed by atoms with Gasteiger partial charge in [-0.2, -0.15) is 0 Å². The van der Waals surface area contributed by atoms with Crippen LogP contribution in [0.5, 0.6) is 11.5 Å². The molecule has 0 radical (unpaired) electrons. The van der Waals surface area contributed by atoms with Crippen molar-refractivity contribution in [1.82, 2.24) is 0 Å². The van der Waals surface area contributed by atoms with Crippen LogP contribution in [0.2, 0.25) is 0 Å². The molecular formula is C34H56CaO6P2.